The summed E-state index contributed by atoms with van der Waals surface area (Å²) in [5.41, 5.74) is 1.59. The first kappa shape index (κ1) is 24.5. The van der Waals surface area contributed by atoms with Crippen molar-refractivity contribution in [3.8, 4) is 0 Å². The highest BCUT2D eigenvalue weighted by atomic mass is 127. The summed E-state index contributed by atoms with van der Waals surface area (Å²) >= 11 is 0. The first-order valence-corrected chi connectivity index (χ1v) is 9.95. The van der Waals surface area contributed by atoms with Gasteiger partial charge in [0.1, 0.15) is 11.6 Å². The number of aliphatic imine (C=N–C) groups is 1. The average Bonchev–Trinajstić information content (AvgIpc) is 3.05. The summed E-state index contributed by atoms with van der Waals surface area (Å²) in [6.07, 6.45) is 0. The molecule has 2 heterocycles. The number of nitrogens with one attached hydrogen (secondary N) is 2. The normalized spacial score (nSPS) is 15.0. The number of hydrogen-bond acceptors (Lipinski definition) is 5. The maximum Gasteiger partial charge on any atom is 0.192 e. The molecule has 3 rings (SSSR count). The molecule has 1 aliphatic heterocycles. The van der Waals surface area contributed by atoms with Gasteiger partial charge in [-0.25, -0.2) is 9.38 Å². The van der Waals surface area contributed by atoms with Gasteiger partial charge in [0.05, 0.1) is 26.3 Å². The second-order valence-corrected chi connectivity index (χ2v) is 7.21. The van der Waals surface area contributed by atoms with Crippen LogP contribution in [-0.4, -0.2) is 65.0 Å². The van der Waals surface area contributed by atoms with Crippen LogP contribution in [0.1, 0.15) is 22.8 Å². The Bertz CT molecular complexity index is 837. The fraction of sp³-hybridized carbons (Fsp3) is 0.550. The van der Waals surface area contributed by atoms with Gasteiger partial charge in [-0.1, -0.05) is 12.1 Å². The molecule has 0 spiro atoms. The molecule has 8 nitrogen and oxygen atoms in total. The van der Waals surface area contributed by atoms with Gasteiger partial charge in [-0.3, -0.25) is 4.90 Å². The second-order valence-electron chi connectivity index (χ2n) is 7.21. The zero-order chi connectivity index (χ0) is 20.6. The van der Waals surface area contributed by atoms with Crippen LogP contribution in [0.4, 0.5) is 4.39 Å². The van der Waals surface area contributed by atoms with Crippen molar-refractivity contribution in [2.75, 3.05) is 39.4 Å². The highest BCUT2D eigenvalue weighted by Crippen LogP contribution is 2.10. The summed E-state index contributed by atoms with van der Waals surface area (Å²) in [6, 6.07) is 5.08. The van der Waals surface area contributed by atoms with Crippen LogP contribution >= 0.6 is 24.0 Å². The maximum absolute atomic E-state index is 13.5. The minimum Gasteiger partial charge on any atom is -0.379 e. The Kier molecular flexibility index (Phi) is 9.92. The van der Waals surface area contributed by atoms with E-state index in [0.29, 0.717) is 24.6 Å². The van der Waals surface area contributed by atoms with Crippen molar-refractivity contribution < 1.29 is 9.13 Å². The van der Waals surface area contributed by atoms with E-state index in [1.807, 2.05) is 24.6 Å². The predicted molar refractivity (Wildman–Crippen MR) is 126 cm³/mol. The highest BCUT2D eigenvalue weighted by molar-refractivity contribution is 14.0. The van der Waals surface area contributed by atoms with E-state index in [0.717, 1.165) is 56.6 Å². The van der Waals surface area contributed by atoms with Crippen LogP contribution in [0, 0.1) is 19.7 Å². The van der Waals surface area contributed by atoms with E-state index in [2.05, 4.69) is 30.7 Å². The predicted octanol–water partition coefficient (Wildman–Crippen LogP) is 1.76. The SMILES string of the molecule is Cc1cc(CN=C(NCCN2CCOCC2)NCc2nnc(C)n2C)ccc1F.I. The molecule has 2 aromatic rings. The largest absolute Gasteiger partial charge is 0.379 e. The minimum absolute atomic E-state index is 0. The van der Waals surface area contributed by atoms with E-state index in [1.165, 1.54) is 6.07 Å². The molecule has 0 radical (unpaired) electrons. The van der Waals surface area contributed by atoms with Crippen LogP contribution in [0.25, 0.3) is 0 Å². The lowest BCUT2D eigenvalue weighted by Gasteiger charge is -2.26. The molecule has 1 aliphatic rings. The smallest absolute Gasteiger partial charge is 0.192 e. The molecule has 30 heavy (non-hydrogen) atoms. The van der Waals surface area contributed by atoms with Gasteiger partial charge < -0.3 is 19.9 Å². The molecule has 0 unspecified atom stereocenters. The van der Waals surface area contributed by atoms with Crippen LogP contribution in [0.2, 0.25) is 0 Å². The van der Waals surface area contributed by atoms with Crippen molar-refractivity contribution in [1.82, 2.24) is 30.3 Å². The van der Waals surface area contributed by atoms with E-state index in [4.69, 9.17) is 4.74 Å². The van der Waals surface area contributed by atoms with Gasteiger partial charge in [-0.2, -0.15) is 0 Å². The van der Waals surface area contributed by atoms with Crippen molar-refractivity contribution >= 4 is 29.9 Å². The molecule has 0 aliphatic carbocycles. The number of benzene rings is 1. The Labute approximate surface area is 194 Å². The van der Waals surface area contributed by atoms with Gasteiger partial charge >= 0.3 is 0 Å². The summed E-state index contributed by atoms with van der Waals surface area (Å²) in [5, 5.41) is 15.0. The van der Waals surface area contributed by atoms with Gasteiger partial charge in [-0.05, 0) is 31.0 Å². The van der Waals surface area contributed by atoms with Crippen LogP contribution in [0.15, 0.2) is 23.2 Å². The van der Waals surface area contributed by atoms with Crippen LogP contribution in [0.3, 0.4) is 0 Å². The number of ether oxygens (including phenoxy) is 1. The summed E-state index contributed by atoms with van der Waals surface area (Å²) in [5.74, 6) is 2.20. The van der Waals surface area contributed by atoms with Crippen molar-refractivity contribution in [2.45, 2.75) is 26.9 Å². The third kappa shape index (κ3) is 7.17. The lowest BCUT2D eigenvalue weighted by molar-refractivity contribution is 0.0389. The molecule has 166 valence electrons. The monoisotopic (exact) mass is 531 g/mol. The van der Waals surface area contributed by atoms with E-state index >= 15 is 0 Å². The topological polar surface area (TPSA) is 79.6 Å². The van der Waals surface area contributed by atoms with E-state index < -0.39 is 0 Å². The highest BCUT2D eigenvalue weighted by Gasteiger charge is 2.11. The fourth-order valence-electron chi connectivity index (χ4n) is 3.07. The van der Waals surface area contributed by atoms with E-state index in [1.54, 1.807) is 13.0 Å². The quantitative estimate of drug-likeness (QED) is 0.322. The molecule has 1 saturated heterocycles. The fourth-order valence-corrected chi connectivity index (χ4v) is 3.07. The molecule has 0 bridgehead atoms. The zero-order valence-electron chi connectivity index (χ0n) is 17.8. The molecular weight excluding hydrogens is 500 g/mol. The third-order valence-electron chi connectivity index (χ3n) is 5.06. The zero-order valence-corrected chi connectivity index (χ0v) is 20.1. The molecule has 1 aromatic heterocycles. The van der Waals surface area contributed by atoms with Crippen LogP contribution < -0.4 is 10.6 Å². The molecule has 1 fully saturated rings. The average molecular weight is 531 g/mol. The molecule has 0 atom stereocenters. The second kappa shape index (κ2) is 12.2. The minimum atomic E-state index is -0.197. The number of aryl methyl sites for hydroxylation is 2. The Hall–Kier alpha value is -1.79. The summed E-state index contributed by atoms with van der Waals surface area (Å²) in [7, 11) is 1.94. The lowest BCUT2D eigenvalue weighted by Crippen LogP contribution is -2.44. The van der Waals surface area contributed by atoms with Crippen molar-refractivity contribution in [1.29, 1.82) is 0 Å². The lowest BCUT2D eigenvalue weighted by atomic mass is 10.1. The van der Waals surface area contributed by atoms with Gasteiger partial charge in [0, 0.05) is 33.2 Å². The van der Waals surface area contributed by atoms with Crippen LogP contribution in [-0.2, 0) is 24.9 Å². The molecule has 10 heteroatoms. The van der Waals surface area contributed by atoms with E-state index in [9.17, 15) is 4.39 Å². The first-order chi connectivity index (χ1) is 14.0. The number of halogens is 2. The first-order valence-electron chi connectivity index (χ1n) is 9.95. The number of aromatic nitrogens is 3. The van der Waals surface area contributed by atoms with Crippen molar-refractivity contribution in [3.63, 3.8) is 0 Å². The standard InChI is InChI=1S/C20H30FN7O.HI/c1-15-12-17(4-5-18(15)21)13-23-20(22-6-7-28-8-10-29-11-9-28)24-14-19-26-25-16(2)27(19)3;/h4-5,12H,6-11,13-14H2,1-3H3,(H2,22,23,24);1H. The Morgan fingerprint density at radius 2 is 1.97 bits per heavy atom. The summed E-state index contributed by atoms with van der Waals surface area (Å²) in [6.45, 7) is 9.83. The number of nitrogens with zero attached hydrogens (tertiary/aromatic N) is 5. The summed E-state index contributed by atoms with van der Waals surface area (Å²) < 4.78 is 20.8. The molecule has 0 amide bonds. The number of guanidine groups is 1. The van der Waals surface area contributed by atoms with E-state index in [-0.39, 0.29) is 29.8 Å². The Morgan fingerprint density at radius 1 is 1.20 bits per heavy atom. The summed E-state index contributed by atoms with van der Waals surface area (Å²) in [4.78, 5) is 7.03. The van der Waals surface area contributed by atoms with Crippen LogP contribution in [0.5, 0.6) is 0 Å². The maximum atomic E-state index is 13.5. The van der Waals surface area contributed by atoms with Crippen molar-refractivity contribution in [2.24, 2.45) is 12.0 Å². The Morgan fingerprint density at radius 3 is 2.63 bits per heavy atom. The number of hydrogen-bond donors (Lipinski definition) is 2. The molecule has 0 saturated carbocycles. The molecule has 1 aromatic carbocycles. The van der Waals surface area contributed by atoms with Gasteiger partial charge in [0.25, 0.3) is 0 Å². The van der Waals surface area contributed by atoms with Gasteiger partial charge in [0.2, 0.25) is 0 Å². The molecular formula is C20H31FIN7O. The van der Waals surface area contributed by atoms with Gasteiger partial charge in [0.15, 0.2) is 11.8 Å². The Balaban J connectivity index is 0.00000320. The molecule has 2 N–H and O–H groups in total. The number of morpholine rings is 1. The van der Waals surface area contributed by atoms with Gasteiger partial charge in [-0.15, -0.1) is 34.2 Å². The number of rotatable bonds is 7. The third-order valence-corrected chi connectivity index (χ3v) is 5.06. The van der Waals surface area contributed by atoms with Crippen molar-refractivity contribution in [3.05, 3.63) is 46.8 Å².